The van der Waals surface area contributed by atoms with Crippen molar-refractivity contribution in [3.8, 4) is 11.5 Å². The van der Waals surface area contributed by atoms with E-state index in [1.165, 1.54) is 11.8 Å². The molecule has 21 heavy (non-hydrogen) atoms. The van der Waals surface area contributed by atoms with Crippen LogP contribution < -0.4 is 9.47 Å². The molecule has 0 radical (unpaired) electrons. The van der Waals surface area contributed by atoms with Crippen molar-refractivity contribution in [2.75, 3.05) is 7.11 Å². The maximum Gasteiger partial charge on any atom is 0.324 e. The summed E-state index contributed by atoms with van der Waals surface area (Å²) in [5.74, 6) is 0.600. The van der Waals surface area contributed by atoms with E-state index in [9.17, 15) is 4.79 Å². The molecule has 0 saturated carbocycles. The highest BCUT2D eigenvalue weighted by atomic mass is 32.2. The molecule has 0 N–H and O–H groups in total. The van der Waals surface area contributed by atoms with Gasteiger partial charge in [0.15, 0.2) is 16.7 Å². The highest BCUT2D eigenvalue weighted by Crippen LogP contribution is 2.29. The molecule has 1 atom stereocenters. The first-order valence-corrected chi connectivity index (χ1v) is 7.26. The lowest BCUT2D eigenvalue weighted by Crippen LogP contribution is -2.20. The molecule has 0 aliphatic carbocycles. The van der Waals surface area contributed by atoms with Crippen LogP contribution in [0.1, 0.15) is 12.5 Å². The summed E-state index contributed by atoms with van der Waals surface area (Å²) in [6, 6.07) is 5.42. The van der Waals surface area contributed by atoms with Crippen molar-refractivity contribution in [2.45, 2.75) is 24.3 Å². The third-order valence-electron chi connectivity index (χ3n) is 2.81. The van der Waals surface area contributed by atoms with Gasteiger partial charge in [0.2, 0.25) is 0 Å². The molecule has 0 aliphatic heterocycles. The standard InChI is InChI=1S/C14H17N3O3S/c1-9-5-6-11(12(7-9)19-4)20-13(18)10(2)21-14-16-15-8-17(14)3/h5-8,10H,1-4H3/t10-/m0/s1. The number of benzene rings is 1. The zero-order chi connectivity index (χ0) is 15.4. The van der Waals surface area contributed by atoms with E-state index in [0.717, 1.165) is 5.56 Å². The maximum atomic E-state index is 12.1. The minimum atomic E-state index is -0.404. The van der Waals surface area contributed by atoms with Crippen molar-refractivity contribution >= 4 is 17.7 Å². The molecular weight excluding hydrogens is 290 g/mol. The highest BCUT2D eigenvalue weighted by Gasteiger charge is 2.20. The number of rotatable bonds is 5. The first-order valence-electron chi connectivity index (χ1n) is 6.38. The van der Waals surface area contributed by atoms with E-state index < -0.39 is 5.25 Å². The van der Waals surface area contributed by atoms with Crippen molar-refractivity contribution in [2.24, 2.45) is 7.05 Å². The average molecular weight is 307 g/mol. The molecule has 0 fully saturated rings. The summed E-state index contributed by atoms with van der Waals surface area (Å²) in [4.78, 5) is 12.1. The summed E-state index contributed by atoms with van der Waals surface area (Å²) < 4.78 is 12.4. The molecule has 7 heteroatoms. The topological polar surface area (TPSA) is 66.2 Å². The predicted octanol–water partition coefficient (Wildman–Crippen LogP) is 2.22. The second-order valence-electron chi connectivity index (χ2n) is 4.56. The number of aryl methyl sites for hydroxylation is 2. The Kier molecular flexibility index (Phi) is 4.85. The Balaban J connectivity index is 2.05. The van der Waals surface area contributed by atoms with Crippen molar-refractivity contribution in [1.82, 2.24) is 14.8 Å². The van der Waals surface area contributed by atoms with Crippen LogP contribution in [0.15, 0.2) is 29.7 Å². The van der Waals surface area contributed by atoms with Gasteiger partial charge in [0, 0.05) is 7.05 Å². The van der Waals surface area contributed by atoms with E-state index in [0.29, 0.717) is 16.7 Å². The van der Waals surface area contributed by atoms with Crippen LogP contribution in [0.4, 0.5) is 0 Å². The minimum Gasteiger partial charge on any atom is -0.493 e. The van der Waals surface area contributed by atoms with Gasteiger partial charge < -0.3 is 14.0 Å². The van der Waals surface area contributed by atoms with Crippen LogP contribution in [0.3, 0.4) is 0 Å². The van der Waals surface area contributed by atoms with Crippen LogP contribution in [0.2, 0.25) is 0 Å². The first-order chi connectivity index (χ1) is 10.0. The van der Waals surface area contributed by atoms with E-state index >= 15 is 0 Å². The molecule has 1 aromatic carbocycles. The van der Waals surface area contributed by atoms with Gasteiger partial charge in [-0.05, 0) is 31.5 Å². The molecule has 0 saturated heterocycles. The Morgan fingerprint density at radius 2 is 2.14 bits per heavy atom. The van der Waals surface area contributed by atoms with Gasteiger partial charge in [-0.25, -0.2) is 0 Å². The molecule has 112 valence electrons. The van der Waals surface area contributed by atoms with Crippen LogP contribution >= 0.6 is 11.8 Å². The molecule has 0 aliphatic rings. The summed E-state index contributed by atoms with van der Waals surface area (Å²) in [6.07, 6.45) is 1.59. The van der Waals surface area contributed by atoms with Gasteiger partial charge in [0.25, 0.3) is 0 Å². The number of hydrogen-bond donors (Lipinski definition) is 0. The molecule has 1 heterocycles. The van der Waals surface area contributed by atoms with Crippen LogP contribution in [0.5, 0.6) is 11.5 Å². The van der Waals surface area contributed by atoms with Crippen molar-refractivity contribution in [3.05, 3.63) is 30.1 Å². The first kappa shape index (κ1) is 15.4. The number of carbonyl (C=O) groups is 1. The number of carbonyl (C=O) groups excluding carboxylic acids is 1. The highest BCUT2D eigenvalue weighted by molar-refractivity contribution is 8.00. The van der Waals surface area contributed by atoms with Gasteiger partial charge in [0.1, 0.15) is 11.6 Å². The average Bonchev–Trinajstić information content (AvgIpc) is 2.86. The van der Waals surface area contributed by atoms with Crippen LogP contribution in [-0.4, -0.2) is 33.1 Å². The summed E-state index contributed by atoms with van der Waals surface area (Å²) in [5.41, 5.74) is 1.04. The Hall–Kier alpha value is -2.02. The van der Waals surface area contributed by atoms with E-state index in [4.69, 9.17) is 9.47 Å². The number of thioether (sulfide) groups is 1. The molecule has 1 aromatic heterocycles. The van der Waals surface area contributed by atoms with Crippen molar-refractivity contribution in [1.29, 1.82) is 0 Å². The molecule has 0 bridgehead atoms. The number of esters is 1. The van der Waals surface area contributed by atoms with E-state index in [1.54, 1.807) is 31.0 Å². The van der Waals surface area contributed by atoms with Gasteiger partial charge >= 0.3 is 5.97 Å². The summed E-state index contributed by atoms with van der Waals surface area (Å²) >= 11 is 1.29. The molecule has 0 amide bonds. The number of hydrogen-bond acceptors (Lipinski definition) is 6. The summed E-state index contributed by atoms with van der Waals surface area (Å²) in [5, 5.41) is 7.97. The van der Waals surface area contributed by atoms with Gasteiger partial charge in [-0.15, -0.1) is 10.2 Å². The van der Waals surface area contributed by atoms with Crippen LogP contribution in [-0.2, 0) is 11.8 Å². The molecular formula is C14H17N3O3S. The minimum absolute atomic E-state index is 0.356. The zero-order valence-corrected chi connectivity index (χ0v) is 13.2. The quantitative estimate of drug-likeness (QED) is 0.479. The monoisotopic (exact) mass is 307 g/mol. The third kappa shape index (κ3) is 3.75. The number of methoxy groups -OCH3 is 1. The summed E-state index contributed by atoms with van der Waals surface area (Å²) in [7, 11) is 3.37. The van der Waals surface area contributed by atoms with Gasteiger partial charge in [-0.1, -0.05) is 17.8 Å². The SMILES string of the molecule is COc1cc(C)ccc1OC(=O)[C@H](C)Sc1nncn1C. The fraction of sp³-hybridized carbons (Fsp3) is 0.357. The van der Waals surface area contributed by atoms with Gasteiger partial charge in [-0.3, -0.25) is 4.79 Å². The Bertz CT molecular complexity index is 642. The normalized spacial score (nSPS) is 12.0. The predicted molar refractivity (Wildman–Crippen MR) is 79.7 cm³/mol. The Labute approximate surface area is 127 Å². The lowest BCUT2D eigenvalue weighted by Gasteiger charge is -2.13. The Morgan fingerprint density at radius 3 is 2.76 bits per heavy atom. The molecule has 0 spiro atoms. The fourth-order valence-electron chi connectivity index (χ4n) is 1.64. The summed E-state index contributed by atoms with van der Waals surface area (Å²) in [6.45, 7) is 3.71. The zero-order valence-electron chi connectivity index (χ0n) is 12.4. The maximum absolute atomic E-state index is 12.1. The third-order valence-corrected chi connectivity index (χ3v) is 3.94. The second kappa shape index (κ2) is 6.62. The van der Waals surface area contributed by atoms with Crippen molar-refractivity contribution in [3.63, 3.8) is 0 Å². The Morgan fingerprint density at radius 1 is 1.38 bits per heavy atom. The number of nitrogens with zero attached hydrogens (tertiary/aromatic N) is 3. The molecule has 6 nitrogen and oxygen atoms in total. The fourth-order valence-corrected chi connectivity index (χ4v) is 2.40. The second-order valence-corrected chi connectivity index (χ2v) is 5.87. The molecule has 0 unspecified atom stereocenters. The van der Waals surface area contributed by atoms with Crippen molar-refractivity contribution < 1.29 is 14.3 Å². The molecule has 2 rings (SSSR count). The van der Waals surface area contributed by atoms with E-state index in [1.807, 2.05) is 26.1 Å². The number of ether oxygens (including phenoxy) is 2. The van der Waals surface area contributed by atoms with Gasteiger partial charge in [0.05, 0.1) is 7.11 Å². The van der Waals surface area contributed by atoms with E-state index in [2.05, 4.69) is 10.2 Å². The van der Waals surface area contributed by atoms with Crippen LogP contribution in [0.25, 0.3) is 0 Å². The lowest BCUT2D eigenvalue weighted by atomic mass is 10.2. The number of aromatic nitrogens is 3. The van der Waals surface area contributed by atoms with E-state index in [-0.39, 0.29) is 5.97 Å². The van der Waals surface area contributed by atoms with Gasteiger partial charge in [-0.2, -0.15) is 0 Å². The largest absolute Gasteiger partial charge is 0.493 e. The smallest absolute Gasteiger partial charge is 0.324 e. The van der Waals surface area contributed by atoms with Crippen LogP contribution in [0, 0.1) is 6.92 Å². The lowest BCUT2D eigenvalue weighted by molar-refractivity contribution is -0.133. The molecule has 2 aromatic rings.